The molecule has 0 spiro atoms. The molecule has 15 heavy (non-hydrogen) atoms. The predicted molar refractivity (Wildman–Crippen MR) is 54.3 cm³/mol. The minimum Gasteiger partial charge on any atom is -0.312 e. The standard InChI is InChI=1S/C10H12N4O/c1-2-3-4-10(15)9-7-14(13-12-9)8-5-11-6-8/h1,7-8,11H,3-6H2. The molecule has 2 rings (SSSR count). The van der Waals surface area contributed by atoms with Crippen LogP contribution in [0.15, 0.2) is 6.20 Å². The Hall–Kier alpha value is -1.67. The first-order valence-corrected chi connectivity index (χ1v) is 4.90. The monoisotopic (exact) mass is 204 g/mol. The molecule has 1 aliphatic rings. The zero-order valence-electron chi connectivity index (χ0n) is 8.31. The lowest BCUT2D eigenvalue weighted by atomic mass is 10.1. The number of carbonyl (C=O) groups is 1. The van der Waals surface area contributed by atoms with E-state index in [2.05, 4.69) is 21.5 Å². The van der Waals surface area contributed by atoms with Crippen molar-refractivity contribution in [2.45, 2.75) is 18.9 Å². The quantitative estimate of drug-likeness (QED) is 0.555. The highest BCUT2D eigenvalue weighted by Crippen LogP contribution is 2.10. The second kappa shape index (κ2) is 4.24. The average Bonchev–Trinajstić information content (AvgIpc) is 2.60. The van der Waals surface area contributed by atoms with E-state index in [1.54, 1.807) is 10.9 Å². The van der Waals surface area contributed by atoms with Crippen molar-refractivity contribution in [3.63, 3.8) is 0 Å². The number of Topliss-reactive ketones (excluding diaryl/α,β-unsaturated/α-hetero) is 1. The fraction of sp³-hybridized carbons (Fsp3) is 0.500. The normalized spacial score (nSPS) is 15.7. The topological polar surface area (TPSA) is 59.8 Å². The maximum absolute atomic E-state index is 11.5. The van der Waals surface area contributed by atoms with Crippen molar-refractivity contribution in [3.8, 4) is 12.3 Å². The smallest absolute Gasteiger partial charge is 0.185 e. The number of aromatic nitrogens is 3. The van der Waals surface area contributed by atoms with Crippen molar-refractivity contribution < 1.29 is 4.79 Å². The first kappa shape index (κ1) is 9.87. The Morgan fingerprint density at radius 2 is 2.53 bits per heavy atom. The van der Waals surface area contributed by atoms with Crippen LogP contribution in [0.25, 0.3) is 0 Å². The third-order valence-corrected chi connectivity index (χ3v) is 2.43. The summed E-state index contributed by atoms with van der Waals surface area (Å²) in [5, 5.41) is 10.9. The Balaban J connectivity index is 2.00. The SMILES string of the molecule is C#CCCC(=O)c1cn(C2CNC2)nn1. The molecule has 1 N–H and O–H groups in total. The Labute approximate surface area is 87.9 Å². The van der Waals surface area contributed by atoms with E-state index in [1.807, 2.05) is 0 Å². The first-order valence-electron chi connectivity index (χ1n) is 4.90. The van der Waals surface area contributed by atoms with Gasteiger partial charge in [-0.15, -0.1) is 17.4 Å². The maximum atomic E-state index is 11.5. The van der Waals surface area contributed by atoms with Gasteiger partial charge in [0.15, 0.2) is 5.78 Å². The molecular weight excluding hydrogens is 192 g/mol. The number of nitrogens with one attached hydrogen (secondary N) is 1. The molecule has 1 saturated heterocycles. The summed E-state index contributed by atoms with van der Waals surface area (Å²) in [7, 11) is 0. The van der Waals surface area contributed by atoms with Crippen LogP contribution in [0, 0.1) is 12.3 Å². The molecule has 0 aliphatic carbocycles. The Morgan fingerprint density at radius 1 is 1.73 bits per heavy atom. The predicted octanol–water partition coefficient (Wildman–Crippen LogP) is 0.0185. The molecular formula is C10H12N4O. The summed E-state index contributed by atoms with van der Waals surface area (Å²) in [6, 6.07) is 0.340. The third kappa shape index (κ3) is 2.05. The van der Waals surface area contributed by atoms with E-state index in [9.17, 15) is 4.79 Å². The fourth-order valence-corrected chi connectivity index (χ4v) is 1.36. The Morgan fingerprint density at radius 3 is 3.13 bits per heavy atom. The molecule has 1 fully saturated rings. The van der Waals surface area contributed by atoms with Gasteiger partial charge in [0, 0.05) is 25.9 Å². The van der Waals surface area contributed by atoms with E-state index in [1.165, 1.54) is 0 Å². The highest BCUT2D eigenvalue weighted by atomic mass is 16.1. The van der Waals surface area contributed by atoms with Crippen LogP contribution in [0.4, 0.5) is 0 Å². The highest BCUT2D eigenvalue weighted by Gasteiger charge is 2.21. The molecule has 0 atom stereocenters. The van der Waals surface area contributed by atoms with Crippen LogP contribution in [0.1, 0.15) is 29.4 Å². The second-order valence-electron chi connectivity index (χ2n) is 3.52. The molecule has 2 heterocycles. The summed E-state index contributed by atoms with van der Waals surface area (Å²) < 4.78 is 1.74. The fourth-order valence-electron chi connectivity index (χ4n) is 1.36. The van der Waals surface area contributed by atoms with Crippen LogP contribution in [-0.2, 0) is 0 Å². The van der Waals surface area contributed by atoms with Crippen molar-refractivity contribution >= 4 is 5.78 Å². The van der Waals surface area contributed by atoms with Crippen molar-refractivity contribution in [2.75, 3.05) is 13.1 Å². The number of hydrogen-bond donors (Lipinski definition) is 1. The van der Waals surface area contributed by atoms with Gasteiger partial charge in [0.2, 0.25) is 0 Å². The van der Waals surface area contributed by atoms with E-state index < -0.39 is 0 Å². The van der Waals surface area contributed by atoms with Gasteiger partial charge in [-0.3, -0.25) is 4.79 Å². The number of nitrogens with zero attached hydrogens (tertiary/aromatic N) is 3. The Kier molecular flexibility index (Phi) is 2.79. The summed E-state index contributed by atoms with van der Waals surface area (Å²) in [4.78, 5) is 11.5. The van der Waals surface area contributed by atoms with Gasteiger partial charge in [0.25, 0.3) is 0 Å². The third-order valence-electron chi connectivity index (χ3n) is 2.43. The zero-order chi connectivity index (χ0) is 10.7. The molecule has 0 aromatic carbocycles. The van der Waals surface area contributed by atoms with E-state index >= 15 is 0 Å². The van der Waals surface area contributed by atoms with E-state index in [0.29, 0.717) is 24.6 Å². The van der Waals surface area contributed by atoms with E-state index in [4.69, 9.17) is 6.42 Å². The number of ketones is 1. The van der Waals surface area contributed by atoms with Gasteiger partial charge < -0.3 is 5.32 Å². The second-order valence-corrected chi connectivity index (χ2v) is 3.52. The molecule has 0 bridgehead atoms. The molecule has 0 amide bonds. The number of hydrogen-bond acceptors (Lipinski definition) is 4. The van der Waals surface area contributed by atoms with Gasteiger partial charge in [-0.2, -0.15) is 0 Å². The van der Waals surface area contributed by atoms with Gasteiger partial charge in [-0.25, -0.2) is 4.68 Å². The van der Waals surface area contributed by atoms with Gasteiger partial charge in [0.1, 0.15) is 5.69 Å². The van der Waals surface area contributed by atoms with Crippen molar-refractivity contribution in [1.82, 2.24) is 20.3 Å². The summed E-state index contributed by atoms with van der Waals surface area (Å²) in [6.45, 7) is 1.78. The zero-order valence-corrected chi connectivity index (χ0v) is 8.31. The van der Waals surface area contributed by atoms with Crippen molar-refractivity contribution in [2.24, 2.45) is 0 Å². The van der Waals surface area contributed by atoms with Crippen LogP contribution < -0.4 is 5.32 Å². The minimum atomic E-state index is -0.0357. The highest BCUT2D eigenvalue weighted by molar-refractivity contribution is 5.93. The van der Waals surface area contributed by atoms with Gasteiger partial charge in [-0.1, -0.05) is 5.21 Å². The maximum Gasteiger partial charge on any atom is 0.185 e. The summed E-state index contributed by atoms with van der Waals surface area (Å²) >= 11 is 0. The Bertz CT molecular complexity index is 400. The summed E-state index contributed by atoms with van der Waals surface area (Å²) in [6.07, 6.45) is 7.59. The molecule has 0 radical (unpaired) electrons. The number of carbonyl (C=O) groups excluding carboxylic acids is 1. The number of rotatable bonds is 4. The lowest BCUT2D eigenvalue weighted by molar-refractivity contribution is 0.0979. The van der Waals surface area contributed by atoms with Crippen LogP contribution in [0.3, 0.4) is 0 Å². The van der Waals surface area contributed by atoms with E-state index in [-0.39, 0.29) is 5.78 Å². The first-order chi connectivity index (χ1) is 7.31. The van der Waals surface area contributed by atoms with Crippen molar-refractivity contribution in [3.05, 3.63) is 11.9 Å². The molecule has 5 nitrogen and oxygen atoms in total. The summed E-state index contributed by atoms with van der Waals surface area (Å²) in [5.41, 5.74) is 0.414. The molecule has 78 valence electrons. The lowest BCUT2D eigenvalue weighted by Crippen LogP contribution is -2.43. The molecule has 0 saturated carbocycles. The van der Waals surface area contributed by atoms with Gasteiger partial charge >= 0.3 is 0 Å². The molecule has 5 heteroatoms. The molecule has 1 aromatic heterocycles. The lowest BCUT2D eigenvalue weighted by Gasteiger charge is -2.26. The van der Waals surface area contributed by atoms with Crippen LogP contribution in [-0.4, -0.2) is 33.9 Å². The number of terminal acetylenes is 1. The molecule has 0 unspecified atom stereocenters. The summed E-state index contributed by atoms with van der Waals surface area (Å²) in [5.74, 6) is 2.40. The molecule has 1 aliphatic heterocycles. The van der Waals surface area contributed by atoms with Crippen LogP contribution in [0.2, 0.25) is 0 Å². The van der Waals surface area contributed by atoms with Gasteiger partial charge in [0.05, 0.1) is 12.2 Å². The van der Waals surface area contributed by atoms with Crippen LogP contribution >= 0.6 is 0 Å². The van der Waals surface area contributed by atoms with Crippen LogP contribution in [0.5, 0.6) is 0 Å². The average molecular weight is 204 g/mol. The largest absolute Gasteiger partial charge is 0.312 e. The molecule has 1 aromatic rings. The van der Waals surface area contributed by atoms with Crippen molar-refractivity contribution in [1.29, 1.82) is 0 Å². The minimum absolute atomic E-state index is 0.0357. The van der Waals surface area contributed by atoms with Gasteiger partial charge in [-0.05, 0) is 0 Å². The van der Waals surface area contributed by atoms with E-state index in [0.717, 1.165) is 13.1 Å².